The Kier molecular flexibility index (Phi) is 4.62. The van der Waals surface area contributed by atoms with E-state index in [1.54, 1.807) is 0 Å². The van der Waals surface area contributed by atoms with Crippen LogP contribution in [0.3, 0.4) is 0 Å². The first-order valence-electron chi connectivity index (χ1n) is 7.42. The van der Waals surface area contributed by atoms with Gasteiger partial charge in [0.1, 0.15) is 0 Å². The number of halogens is 3. The number of carbonyl (C=O) groups is 1. The van der Waals surface area contributed by atoms with E-state index in [1.807, 2.05) is 0 Å². The summed E-state index contributed by atoms with van der Waals surface area (Å²) in [5.74, 6) is -1.13. The first-order chi connectivity index (χ1) is 12.7. The minimum absolute atomic E-state index is 0.0632. The Labute approximate surface area is 149 Å². The van der Waals surface area contributed by atoms with Gasteiger partial charge in [-0.1, -0.05) is 17.2 Å². The third-order valence-electron chi connectivity index (χ3n) is 3.48. The smallest absolute Gasteiger partial charge is 0.358 e. The third kappa shape index (κ3) is 4.29. The van der Waals surface area contributed by atoms with Crippen LogP contribution in [0.25, 0.3) is 0 Å². The number of aromatic nitrogens is 4. The molecule has 2 aromatic heterocycles. The number of alkyl halides is 3. The monoisotopic (exact) mass is 380 g/mol. The van der Waals surface area contributed by atoms with Crippen LogP contribution in [0.4, 0.5) is 24.7 Å². The van der Waals surface area contributed by atoms with Gasteiger partial charge in [0.25, 0.3) is 5.91 Å². The molecule has 0 radical (unpaired) electrons. The summed E-state index contributed by atoms with van der Waals surface area (Å²) in [6, 6.07) is 5.79. The Morgan fingerprint density at radius 1 is 1.33 bits per heavy atom. The van der Waals surface area contributed by atoms with Gasteiger partial charge in [0, 0.05) is 6.20 Å². The Morgan fingerprint density at radius 2 is 2.11 bits per heavy atom. The van der Waals surface area contributed by atoms with E-state index in [4.69, 9.17) is 0 Å². The predicted molar refractivity (Wildman–Crippen MR) is 86.0 cm³/mol. The minimum Gasteiger partial charge on any atom is -0.358 e. The summed E-state index contributed by atoms with van der Waals surface area (Å²) in [4.78, 5) is 21.8. The number of amides is 1. The molecule has 2 heterocycles. The summed E-state index contributed by atoms with van der Waals surface area (Å²) in [7, 11) is 0. The van der Waals surface area contributed by atoms with Gasteiger partial charge in [-0.25, -0.2) is 0 Å². The first-order valence-corrected chi connectivity index (χ1v) is 7.42. The molecule has 3 aromatic rings. The summed E-state index contributed by atoms with van der Waals surface area (Å²) in [6.45, 7) is 0.0632. The SMILES string of the molecule is O=C(Nc1cnn(Cc2cccc(C(F)(F)F)c2)c1)c1cc([N+](=O)[O-])[nH]n1. The lowest BCUT2D eigenvalue weighted by Crippen LogP contribution is -2.12. The highest BCUT2D eigenvalue weighted by Gasteiger charge is 2.30. The molecule has 9 nitrogen and oxygen atoms in total. The van der Waals surface area contributed by atoms with Crippen molar-refractivity contribution in [2.24, 2.45) is 0 Å². The number of H-pyrrole nitrogens is 1. The molecule has 0 saturated carbocycles. The van der Waals surface area contributed by atoms with Crippen molar-refractivity contribution in [3.05, 3.63) is 69.7 Å². The molecule has 0 aliphatic rings. The Balaban J connectivity index is 1.68. The van der Waals surface area contributed by atoms with Crippen molar-refractivity contribution in [3.63, 3.8) is 0 Å². The first kappa shape index (κ1) is 18.1. The number of nitrogens with zero attached hydrogens (tertiary/aromatic N) is 4. The van der Waals surface area contributed by atoms with Gasteiger partial charge in [-0.05, 0) is 22.6 Å². The number of benzene rings is 1. The number of nitro groups is 1. The molecule has 0 bridgehead atoms. The van der Waals surface area contributed by atoms with Crippen molar-refractivity contribution in [3.8, 4) is 0 Å². The second kappa shape index (κ2) is 6.90. The quantitative estimate of drug-likeness (QED) is 0.521. The van der Waals surface area contributed by atoms with Crippen LogP contribution in [0.15, 0.2) is 42.7 Å². The second-order valence-corrected chi connectivity index (χ2v) is 5.47. The van der Waals surface area contributed by atoms with Crippen molar-refractivity contribution in [1.82, 2.24) is 20.0 Å². The maximum absolute atomic E-state index is 12.7. The summed E-state index contributed by atoms with van der Waals surface area (Å²) in [5.41, 5.74) is -0.306. The van der Waals surface area contributed by atoms with Gasteiger partial charge in [-0.15, -0.1) is 5.10 Å². The highest BCUT2D eigenvalue weighted by molar-refractivity contribution is 6.02. The largest absolute Gasteiger partial charge is 0.416 e. The number of hydrogen-bond acceptors (Lipinski definition) is 5. The van der Waals surface area contributed by atoms with Crippen LogP contribution in [0.2, 0.25) is 0 Å². The number of carbonyl (C=O) groups excluding carboxylic acids is 1. The van der Waals surface area contributed by atoms with E-state index < -0.39 is 28.4 Å². The van der Waals surface area contributed by atoms with Crippen molar-refractivity contribution >= 4 is 17.4 Å². The van der Waals surface area contributed by atoms with E-state index in [9.17, 15) is 28.1 Å². The number of hydrogen-bond donors (Lipinski definition) is 2. The summed E-state index contributed by atoms with van der Waals surface area (Å²) < 4.78 is 39.6. The van der Waals surface area contributed by atoms with Crippen LogP contribution in [0.5, 0.6) is 0 Å². The lowest BCUT2D eigenvalue weighted by molar-refractivity contribution is -0.389. The second-order valence-electron chi connectivity index (χ2n) is 5.47. The Hall–Kier alpha value is -3.70. The number of aromatic amines is 1. The summed E-state index contributed by atoms with van der Waals surface area (Å²) in [6.07, 6.45) is -1.72. The van der Waals surface area contributed by atoms with Gasteiger partial charge in [0.15, 0.2) is 5.69 Å². The molecular formula is C15H11F3N6O3. The third-order valence-corrected chi connectivity index (χ3v) is 3.48. The molecular weight excluding hydrogens is 369 g/mol. The van der Waals surface area contributed by atoms with Gasteiger partial charge < -0.3 is 15.4 Å². The fraction of sp³-hybridized carbons (Fsp3) is 0.133. The molecule has 0 fully saturated rings. The Bertz CT molecular complexity index is 995. The lowest BCUT2D eigenvalue weighted by atomic mass is 10.1. The van der Waals surface area contributed by atoms with E-state index in [-0.39, 0.29) is 17.9 Å². The van der Waals surface area contributed by atoms with Crippen molar-refractivity contribution in [1.29, 1.82) is 0 Å². The molecule has 0 aliphatic carbocycles. The molecule has 0 spiro atoms. The van der Waals surface area contributed by atoms with Gasteiger partial charge in [-0.3, -0.25) is 9.48 Å². The summed E-state index contributed by atoms with van der Waals surface area (Å²) >= 11 is 0. The maximum Gasteiger partial charge on any atom is 0.416 e. The van der Waals surface area contributed by atoms with Gasteiger partial charge in [0.2, 0.25) is 0 Å². The number of anilines is 1. The van der Waals surface area contributed by atoms with Crippen LogP contribution >= 0.6 is 0 Å². The van der Waals surface area contributed by atoms with Gasteiger partial charge >= 0.3 is 12.0 Å². The summed E-state index contributed by atoms with van der Waals surface area (Å²) in [5, 5.41) is 22.6. The van der Waals surface area contributed by atoms with Crippen LogP contribution in [-0.4, -0.2) is 30.8 Å². The molecule has 0 atom stereocenters. The zero-order valence-electron chi connectivity index (χ0n) is 13.4. The van der Waals surface area contributed by atoms with Crippen LogP contribution in [-0.2, 0) is 12.7 Å². The van der Waals surface area contributed by atoms with Crippen LogP contribution < -0.4 is 5.32 Å². The zero-order valence-corrected chi connectivity index (χ0v) is 13.4. The molecule has 2 N–H and O–H groups in total. The van der Waals surface area contributed by atoms with E-state index in [0.29, 0.717) is 5.56 Å². The molecule has 0 unspecified atom stereocenters. The van der Waals surface area contributed by atoms with E-state index in [0.717, 1.165) is 18.2 Å². The van der Waals surface area contributed by atoms with Gasteiger partial charge in [0.05, 0.1) is 30.1 Å². The lowest BCUT2D eigenvalue weighted by Gasteiger charge is -2.08. The fourth-order valence-electron chi connectivity index (χ4n) is 2.26. The molecule has 0 aliphatic heterocycles. The minimum atomic E-state index is -4.44. The fourth-order valence-corrected chi connectivity index (χ4v) is 2.26. The Morgan fingerprint density at radius 3 is 2.78 bits per heavy atom. The molecule has 12 heteroatoms. The predicted octanol–water partition coefficient (Wildman–Crippen LogP) is 2.83. The highest BCUT2D eigenvalue weighted by atomic mass is 19.4. The highest BCUT2D eigenvalue weighted by Crippen LogP contribution is 2.29. The topological polar surface area (TPSA) is 119 Å². The molecule has 1 aromatic carbocycles. The van der Waals surface area contributed by atoms with Gasteiger partial charge in [-0.2, -0.15) is 18.3 Å². The van der Waals surface area contributed by atoms with E-state index in [1.165, 1.54) is 29.2 Å². The number of rotatable bonds is 5. The van der Waals surface area contributed by atoms with Crippen molar-refractivity contribution in [2.75, 3.05) is 5.32 Å². The van der Waals surface area contributed by atoms with Crippen molar-refractivity contribution < 1.29 is 22.9 Å². The number of nitrogens with one attached hydrogen (secondary N) is 2. The molecule has 1 amide bonds. The molecule has 27 heavy (non-hydrogen) atoms. The average molecular weight is 380 g/mol. The van der Waals surface area contributed by atoms with Crippen LogP contribution in [0, 0.1) is 10.1 Å². The standard InChI is InChI=1S/C15H11F3N6O3/c16-15(17,18)10-3-1-2-9(4-10)7-23-8-11(6-19-23)20-14(25)12-5-13(22-21-12)24(26)27/h1-6,8H,7H2,(H,20,25)(H,21,22). The van der Waals surface area contributed by atoms with E-state index >= 15 is 0 Å². The molecule has 0 saturated heterocycles. The zero-order chi connectivity index (χ0) is 19.6. The molecule has 3 rings (SSSR count). The van der Waals surface area contributed by atoms with Crippen molar-refractivity contribution in [2.45, 2.75) is 12.7 Å². The van der Waals surface area contributed by atoms with E-state index in [2.05, 4.69) is 20.6 Å². The molecule has 140 valence electrons. The maximum atomic E-state index is 12.7. The normalized spacial score (nSPS) is 11.4. The average Bonchev–Trinajstić information content (AvgIpc) is 3.24. The van der Waals surface area contributed by atoms with Crippen LogP contribution in [0.1, 0.15) is 21.6 Å².